The molecule has 2 atom stereocenters. The van der Waals surface area contributed by atoms with E-state index in [1.165, 1.54) is 18.2 Å². The van der Waals surface area contributed by atoms with Crippen LogP contribution in [0.5, 0.6) is 0 Å². The Kier molecular flexibility index (Phi) is 14.7. The highest BCUT2D eigenvalue weighted by Gasteiger charge is 2.38. The molecule has 0 spiro atoms. The van der Waals surface area contributed by atoms with Crippen LogP contribution in [0.2, 0.25) is 0 Å². The lowest BCUT2D eigenvalue weighted by Crippen LogP contribution is -2.54. The molecule has 1 rings (SSSR count). The maximum Gasteiger partial charge on any atom is 0.331 e. The summed E-state index contributed by atoms with van der Waals surface area (Å²) in [5.41, 5.74) is 2.26. The van der Waals surface area contributed by atoms with E-state index in [0.29, 0.717) is 0 Å². The van der Waals surface area contributed by atoms with Crippen molar-refractivity contribution in [2.45, 2.75) is 67.0 Å². The minimum absolute atomic E-state index is 0.00182. The van der Waals surface area contributed by atoms with Gasteiger partial charge >= 0.3 is 5.97 Å². The molecule has 1 aromatic rings. The highest BCUT2D eigenvalue weighted by molar-refractivity contribution is 5.91. The van der Waals surface area contributed by atoms with E-state index >= 15 is 0 Å². The molecule has 0 radical (unpaired) electrons. The minimum atomic E-state index is -1.03. The molecule has 3 N–H and O–H groups in total. The van der Waals surface area contributed by atoms with Crippen LogP contribution in [-0.2, 0) is 14.4 Å². The van der Waals surface area contributed by atoms with Gasteiger partial charge in [0.25, 0.3) is 0 Å². The highest BCUT2D eigenvalue weighted by Crippen LogP contribution is 2.40. The summed E-state index contributed by atoms with van der Waals surface area (Å²) < 4.78 is 0. The molecule has 2 amide bonds. The van der Waals surface area contributed by atoms with Gasteiger partial charge in [-0.1, -0.05) is 78.8 Å². The van der Waals surface area contributed by atoms with Gasteiger partial charge < -0.3 is 25.5 Å². The van der Waals surface area contributed by atoms with Crippen LogP contribution in [0.15, 0.2) is 42.5 Å². The van der Waals surface area contributed by atoms with Crippen molar-refractivity contribution in [1.82, 2.24) is 15.5 Å². The highest BCUT2D eigenvalue weighted by atomic mass is 16.4. The molecule has 0 aliphatic heterocycles. The number of hydrogen-bond acceptors (Lipinski definition) is 5. The quantitative estimate of drug-likeness (QED) is 0.346. The van der Waals surface area contributed by atoms with Gasteiger partial charge in [0.15, 0.2) is 0 Å². The predicted molar refractivity (Wildman–Crippen MR) is 158 cm³/mol. The number of anilines is 1. The molecule has 0 aliphatic carbocycles. The van der Waals surface area contributed by atoms with Gasteiger partial charge in [0.1, 0.15) is 0 Å². The van der Waals surface area contributed by atoms with Crippen LogP contribution in [0, 0.1) is 11.3 Å². The monoisotopic (exact) mass is 530 g/mol. The first-order chi connectivity index (χ1) is 17.6. The normalized spacial score (nSPS) is 13.1. The van der Waals surface area contributed by atoms with Crippen LogP contribution in [0.1, 0.15) is 60.5 Å². The van der Waals surface area contributed by atoms with Gasteiger partial charge in [0.05, 0.1) is 18.6 Å². The molecule has 8 heteroatoms. The number of aliphatic carboxylic acids is 1. The smallest absolute Gasteiger partial charge is 0.331 e. The van der Waals surface area contributed by atoms with Crippen molar-refractivity contribution in [3.05, 3.63) is 48.1 Å². The van der Waals surface area contributed by atoms with Crippen LogP contribution in [0.4, 0.5) is 5.69 Å². The number of rotatable bonds is 12. The summed E-state index contributed by atoms with van der Waals surface area (Å²) in [6, 6.07) is 6.85. The molecule has 0 heterocycles. The van der Waals surface area contributed by atoms with Gasteiger partial charge in [0.2, 0.25) is 11.8 Å². The maximum absolute atomic E-state index is 13.2. The summed E-state index contributed by atoms with van der Waals surface area (Å²) in [6.07, 6.45) is 2.82. The first kappa shape index (κ1) is 34.9. The Morgan fingerprint density at radius 3 is 2.08 bits per heavy atom. The Bertz CT molecular complexity index is 982. The van der Waals surface area contributed by atoms with E-state index < -0.39 is 23.5 Å². The van der Waals surface area contributed by atoms with Gasteiger partial charge in [-0.3, -0.25) is 9.59 Å². The van der Waals surface area contributed by atoms with Crippen molar-refractivity contribution in [1.29, 1.82) is 0 Å². The Morgan fingerprint density at radius 1 is 1.11 bits per heavy atom. The molecular weight excluding hydrogens is 480 g/mol. The molecule has 214 valence electrons. The zero-order valence-electron chi connectivity index (χ0n) is 25.3. The third-order valence-corrected chi connectivity index (χ3v) is 6.46. The molecule has 0 saturated heterocycles. The molecule has 0 saturated carbocycles. The number of nitrogens with one attached hydrogen (secondary N) is 2. The average Bonchev–Trinajstić information content (AvgIpc) is 2.85. The molecule has 8 nitrogen and oxygen atoms in total. The van der Waals surface area contributed by atoms with Crippen molar-refractivity contribution in [2.24, 2.45) is 11.3 Å². The topological polar surface area (TPSA) is 102 Å². The Morgan fingerprint density at radius 2 is 1.63 bits per heavy atom. The third-order valence-electron chi connectivity index (χ3n) is 6.46. The van der Waals surface area contributed by atoms with Crippen molar-refractivity contribution < 1.29 is 19.5 Å². The number of nitrogens with zero attached hydrogens (tertiary/aromatic N) is 2. The zero-order valence-corrected chi connectivity index (χ0v) is 25.3. The van der Waals surface area contributed by atoms with Crippen LogP contribution in [-0.4, -0.2) is 74.6 Å². The van der Waals surface area contributed by atoms with E-state index in [2.05, 4.69) is 31.1 Å². The van der Waals surface area contributed by atoms with Crippen molar-refractivity contribution in [2.75, 3.05) is 39.6 Å². The van der Waals surface area contributed by atoms with Gasteiger partial charge in [-0.15, -0.1) is 0 Å². The predicted octanol–water partition coefficient (Wildman–Crippen LogP) is 4.43. The van der Waals surface area contributed by atoms with E-state index in [1.54, 1.807) is 20.2 Å². The molecule has 0 bridgehead atoms. The SMILES string of the molecule is C=C(c1ccccc1N(C)C)C(C)(C)C(NC)C(=O)NCC(=O)N(C)C(/C=C(\C)C(=O)O)C(C)C.CCC. The lowest BCUT2D eigenvalue weighted by Gasteiger charge is -2.36. The van der Waals surface area contributed by atoms with E-state index in [4.69, 9.17) is 0 Å². The van der Waals surface area contributed by atoms with Crippen LogP contribution < -0.4 is 15.5 Å². The maximum atomic E-state index is 13.2. The summed E-state index contributed by atoms with van der Waals surface area (Å²) >= 11 is 0. The number of likely N-dealkylation sites (N-methyl/N-ethyl adjacent to an activating group) is 2. The van der Waals surface area contributed by atoms with Gasteiger partial charge in [0, 0.05) is 43.4 Å². The summed E-state index contributed by atoms with van der Waals surface area (Å²) in [7, 11) is 7.24. The number of amides is 2. The van der Waals surface area contributed by atoms with Gasteiger partial charge in [-0.2, -0.15) is 0 Å². The van der Waals surface area contributed by atoms with Crippen LogP contribution >= 0.6 is 0 Å². The standard InChI is InChI=1S/C27H42N4O4.C3H8/c1-17(2)22(15-18(3)26(34)35)31(10)23(32)16-29-25(33)24(28-7)27(5,6)19(4)20-13-11-12-14-21(20)30(8)9;1-3-2/h11-15,17,22,24,28H,4,16H2,1-3,5-10H3,(H,29,33)(H,34,35);3H2,1-2H3/b18-15+;. The minimum Gasteiger partial charge on any atom is -0.478 e. The molecule has 2 unspecified atom stereocenters. The number of carboxylic acid groups (broad SMARTS) is 1. The second kappa shape index (κ2) is 16.0. The molecular formula is C30H50N4O4. The number of carbonyl (C=O) groups is 3. The second-order valence-corrected chi connectivity index (χ2v) is 10.7. The average molecular weight is 531 g/mol. The van der Waals surface area contributed by atoms with Crippen molar-refractivity contribution in [3.63, 3.8) is 0 Å². The number of benzene rings is 1. The zero-order chi connectivity index (χ0) is 29.8. The number of carbonyl (C=O) groups excluding carboxylic acids is 2. The van der Waals surface area contributed by atoms with Crippen LogP contribution in [0.3, 0.4) is 0 Å². The Hall–Kier alpha value is -3.13. The lowest BCUT2D eigenvalue weighted by molar-refractivity contribution is -0.134. The lowest BCUT2D eigenvalue weighted by atomic mass is 9.74. The van der Waals surface area contributed by atoms with E-state index in [1.807, 2.05) is 71.0 Å². The first-order valence-corrected chi connectivity index (χ1v) is 13.2. The fraction of sp³-hybridized carbons (Fsp3) is 0.567. The molecule has 38 heavy (non-hydrogen) atoms. The van der Waals surface area contributed by atoms with Gasteiger partial charge in [-0.25, -0.2) is 4.79 Å². The van der Waals surface area contributed by atoms with Crippen molar-refractivity contribution >= 4 is 29.0 Å². The Balaban J connectivity index is 0.00000434. The summed E-state index contributed by atoms with van der Waals surface area (Å²) in [5.74, 6) is -1.66. The van der Waals surface area contributed by atoms with E-state index in [0.717, 1.165) is 16.8 Å². The summed E-state index contributed by atoms with van der Waals surface area (Å²) in [5, 5.41) is 15.0. The number of carboxylic acids is 1. The van der Waals surface area contributed by atoms with E-state index in [9.17, 15) is 19.5 Å². The largest absolute Gasteiger partial charge is 0.478 e. The van der Waals surface area contributed by atoms with Crippen molar-refractivity contribution in [3.8, 4) is 0 Å². The van der Waals surface area contributed by atoms with Gasteiger partial charge in [-0.05, 0) is 31.5 Å². The fourth-order valence-corrected chi connectivity index (χ4v) is 4.09. The number of hydrogen-bond donors (Lipinski definition) is 3. The Labute approximate surface area is 230 Å². The second-order valence-electron chi connectivity index (χ2n) is 10.7. The van der Waals surface area contributed by atoms with E-state index in [-0.39, 0.29) is 29.9 Å². The molecule has 0 fully saturated rings. The number of para-hydroxylation sites is 1. The molecule has 1 aromatic carbocycles. The van der Waals surface area contributed by atoms with Crippen LogP contribution in [0.25, 0.3) is 5.57 Å². The third kappa shape index (κ3) is 9.63. The fourth-order valence-electron chi connectivity index (χ4n) is 4.09. The summed E-state index contributed by atoms with van der Waals surface area (Å²) in [6.45, 7) is 17.6. The first-order valence-electron chi connectivity index (χ1n) is 13.2. The molecule has 0 aromatic heterocycles. The molecule has 0 aliphatic rings. The summed E-state index contributed by atoms with van der Waals surface area (Å²) in [4.78, 5) is 40.8.